The number of likely N-dealkylation sites (tertiary alicyclic amines) is 2. The van der Waals surface area contributed by atoms with Crippen molar-refractivity contribution in [1.82, 2.24) is 24.3 Å². The average Bonchev–Trinajstić information content (AvgIpc) is 3.66. The quantitative estimate of drug-likeness (QED) is 0.477. The van der Waals surface area contributed by atoms with Gasteiger partial charge in [-0.15, -0.1) is 0 Å². The Hall–Kier alpha value is -3.30. The Balaban J connectivity index is 1.27. The maximum absolute atomic E-state index is 13.0. The summed E-state index contributed by atoms with van der Waals surface area (Å²) in [5.74, 6) is 2.41. The number of nitrogens with zero attached hydrogens (tertiary/aromatic N) is 5. The molecule has 2 saturated heterocycles. The minimum Gasteiger partial charge on any atom is -0.478 e. The number of pyridine rings is 1. The Labute approximate surface area is 242 Å². The molecule has 41 heavy (non-hydrogen) atoms. The van der Waals surface area contributed by atoms with Crippen molar-refractivity contribution in [2.45, 2.75) is 95.8 Å². The topological polar surface area (TPSA) is 99.0 Å². The highest BCUT2D eigenvalue weighted by molar-refractivity contribution is 5.71. The zero-order chi connectivity index (χ0) is 29.2. The largest absolute Gasteiger partial charge is 0.478 e. The summed E-state index contributed by atoms with van der Waals surface area (Å²) in [7, 11) is 2.07. The van der Waals surface area contributed by atoms with Gasteiger partial charge < -0.3 is 28.6 Å². The van der Waals surface area contributed by atoms with Crippen LogP contribution < -0.4 is 4.74 Å². The summed E-state index contributed by atoms with van der Waals surface area (Å²) >= 11 is 0. The molecule has 10 nitrogen and oxygen atoms in total. The van der Waals surface area contributed by atoms with Crippen molar-refractivity contribution < 1.29 is 23.8 Å². The van der Waals surface area contributed by atoms with Gasteiger partial charge in [0.15, 0.2) is 5.60 Å². The zero-order valence-corrected chi connectivity index (χ0v) is 25.2. The van der Waals surface area contributed by atoms with Gasteiger partial charge in [0.2, 0.25) is 0 Å². The molecule has 3 fully saturated rings. The first kappa shape index (κ1) is 27.8. The van der Waals surface area contributed by atoms with Gasteiger partial charge in [0.1, 0.15) is 28.6 Å². The highest BCUT2D eigenvalue weighted by Gasteiger charge is 2.49. The van der Waals surface area contributed by atoms with E-state index in [0.29, 0.717) is 45.0 Å². The summed E-state index contributed by atoms with van der Waals surface area (Å²) in [5, 5.41) is 0. The molecule has 10 heteroatoms. The van der Waals surface area contributed by atoms with Crippen molar-refractivity contribution >= 4 is 12.2 Å². The molecule has 4 aliphatic rings. The molecule has 2 amide bonds. The Morgan fingerprint density at radius 1 is 1.07 bits per heavy atom. The fraction of sp³-hybridized carbons (Fsp3) is 0.677. The summed E-state index contributed by atoms with van der Waals surface area (Å²) in [4.78, 5) is 39.3. The smallest absolute Gasteiger partial charge is 0.410 e. The number of piperidine rings is 2. The average molecular weight is 566 g/mol. The van der Waals surface area contributed by atoms with Crippen LogP contribution in [-0.2, 0) is 22.1 Å². The minimum atomic E-state index is -0.606. The van der Waals surface area contributed by atoms with Crippen LogP contribution in [0, 0.1) is 5.92 Å². The first-order valence-electron chi connectivity index (χ1n) is 15.0. The molecule has 1 atom stereocenters. The van der Waals surface area contributed by atoms with Gasteiger partial charge in [0, 0.05) is 57.2 Å². The number of fused-ring (bicyclic) bond motifs is 4. The summed E-state index contributed by atoms with van der Waals surface area (Å²) in [5.41, 5.74) is 1.10. The van der Waals surface area contributed by atoms with Crippen molar-refractivity contribution in [1.29, 1.82) is 0 Å². The van der Waals surface area contributed by atoms with Crippen LogP contribution >= 0.6 is 0 Å². The Bertz CT molecular complexity index is 1330. The van der Waals surface area contributed by atoms with Crippen LogP contribution in [0.1, 0.15) is 90.6 Å². The fourth-order valence-corrected chi connectivity index (χ4v) is 6.71. The third-order valence-corrected chi connectivity index (χ3v) is 8.99. The zero-order valence-electron chi connectivity index (χ0n) is 25.2. The van der Waals surface area contributed by atoms with E-state index in [4.69, 9.17) is 19.2 Å². The minimum absolute atomic E-state index is 0.154. The molecule has 5 heterocycles. The molecule has 0 N–H and O–H groups in total. The van der Waals surface area contributed by atoms with Crippen LogP contribution in [0.15, 0.2) is 18.3 Å². The summed E-state index contributed by atoms with van der Waals surface area (Å²) < 4.78 is 20.3. The predicted molar refractivity (Wildman–Crippen MR) is 153 cm³/mol. The summed E-state index contributed by atoms with van der Waals surface area (Å²) in [6.07, 6.45) is 6.43. The molecule has 0 aromatic carbocycles. The second-order valence-electron chi connectivity index (χ2n) is 13.8. The lowest BCUT2D eigenvalue weighted by Crippen LogP contribution is -2.54. The van der Waals surface area contributed by atoms with E-state index in [1.54, 1.807) is 6.20 Å². The molecule has 1 spiro atoms. The van der Waals surface area contributed by atoms with E-state index >= 15 is 0 Å². The highest BCUT2D eigenvalue weighted by Crippen LogP contribution is 2.50. The molecule has 0 unspecified atom stereocenters. The van der Waals surface area contributed by atoms with E-state index in [9.17, 15) is 9.59 Å². The van der Waals surface area contributed by atoms with Gasteiger partial charge in [-0.2, -0.15) is 0 Å². The first-order valence-corrected chi connectivity index (χ1v) is 15.0. The van der Waals surface area contributed by atoms with E-state index in [0.717, 1.165) is 54.3 Å². The summed E-state index contributed by atoms with van der Waals surface area (Å²) in [6, 6.07) is 3.85. The van der Waals surface area contributed by atoms with E-state index in [1.807, 2.05) is 42.7 Å². The normalized spacial score (nSPS) is 22.9. The van der Waals surface area contributed by atoms with Crippen molar-refractivity contribution in [2.75, 3.05) is 26.2 Å². The van der Waals surface area contributed by atoms with Gasteiger partial charge in [-0.1, -0.05) is 0 Å². The predicted octanol–water partition coefficient (Wildman–Crippen LogP) is 5.61. The number of hydrogen-bond acceptors (Lipinski definition) is 7. The number of carbonyl (C=O) groups is 2. The second kappa shape index (κ2) is 9.91. The lowest BCUT2D eigenvalue weighted by atomic mass is 9.82. The van der Waals surface area contributed by atoms with Crippen molar-refractivity contribution in [3.05, 3.63) is 29.8 Å². The van der Waals surface area contributed by atoms with Crippen LogP contribution in [0.2, 0.25) is 0 Å². The van der Waals surface area contributed by atoms with Crippen molar-refractivity contribution in [2.24, 2.45) is 13.0 Å². The molecule has 1 saturated carbocycles. The van der Waals surface area contributed by atoms with Crippen molar-refractivity contribution in [3.8, 4) is 17.1 Å². The van der Waals surface area contributed by atoms with E-state index in [2.05, 4.69) is 30.4 Å². The molecule has 222 valence electrons. The van der Waals surface area contributed by atoms with E-state index < -0.39 is 16.7 Å². The summed E-state index contributed by atoms with van der Waals surface area (Å²) in [6.45, 7) is 12.1. The van der Waals surface area contributed by atoms with E-state index in [1.165, 1.54) is 0 Å². The molecular weight excluding hydrogens is 522 g/mol. The fourth-order valence-electron chi connectivity index (χ4n) is 6.71. The van der Waals surface area contributed by atoms with E-state index in [-0.39, 0.29) is 18.1 Å². The van der Waals surface area contributed by atoms with Crippen LogP contribution in [0.3, 0.4) is 0 Å². The van der Waals surface area contributed by atoms with Crippen LogP contribution in [0.5, 0.6) is 5.75 Å². The number of imidazole rings is 1. The molecule has 2 aromatic heterocycles. The number of ether oxygens (including phenoxy) is 3. The SMILES string of the molecule is Cn1c([C@@H]2CCN(C(=O)OC(C)(C)C)C(C)(C)C2)nc2c1C1(CCN(C(=O)OCC3CC3)CC1)Oc1cccnc1-2. The highest BCUT2D eigenvalue weighted by atomic mass is 16.6. The molecule has 6 rings (SSSR count). The lowest BCUT2D eigenvalue weighted by molar-refractivity contribution is -0.0122. The van der Waals surface area contributed by atoms with Crippen molar-refractivity contribution in [3.63, 3.8) is 0 Å². The third-order valence-electron chi connectivity index (χ3n) is 8.99. The maximum Gasteiger partial charge on any atom is 0.410 e. The molecular formula is C31H43N5O5. The van der Waals surface area contributed by atoms with Crippen LogP contribution in [0.25, 0.3) is 11.4 Å². The van der Waals surface area contributed by atoms with Gasteiger partial charge >= 0.3 is 12.2 Å². The number of hydrogen-bond donors (Lipinski definition) is 0. The molecule has 1 aliphatic carbocycles. The molecule has 0 radical (unpaired) electrons. The number of carbonyl (C=O) groups excluding carboxylic acids is 2. The van der Waals surface area contributed by atoms with Gasteiger partial charge in [-0.05, 0) is 78.4 Å². The molecule has 0 bridgehead atoms. The third kappa shape index (κ3) is 5.26. The van der Waals surface area contributed by atoms with Gasteiger partial charge in [-0.25, -0.2) is 14.6 Å². The number of aromatic nitrogens is 3. The molecule has 3 aliphatic heterocycles. The number of amides is 2. The molecule has 2 aromatic rings. The Morgan fingerprint density at radius 2 is 1.80 bits per heavy atom. The Morgan fingerprint density at radius 3 is 2.46 bits per heavy atom. The first-order chi connectivity index (χ1) is 19.4. The van der Waals surface area contributed by atoms with Gasteiger partial charge in [0.25, 0.3) is 0 Å². The standard InChI is InChI=1S/C31H43N5O5/c1-29(2,3)41-28(38)36-15-11-21(18-30(36,4)5)26-33-24-23-22(8-7-14-32-23)40-31(25(24)34(26)6)12-16-35(17-13-31)27(37)39-19-20-9-10-20/h7-8,14,20-21H,9-13,15-19H2,1-6H3/t21-/m1/s1. The van der Waals surface area contributed by atoms with Crippen LogP contribution in [0.4, 0.5) is 9.59 Å². The monoisotopic (exact) mass is 565 g/mol. The number of rotatable bonds is 3. The van der Waals surface area contributed by atoms with Gasteiger partial charge in [-0.3, -0.25) is 4.98 Å². The van der Waals surface area contributed by atoms with Crippen LogP contribution in [-0.4, -0.2) is 73.9 Å². The van der Waals surface area contributed by atoms with Gasteiger partial charge in [0.05, 0.1) is 12.3 Å². The lowest BCUT2D eigenvalue weighted by Gasteiger charge is -2.45. The Kier molecular flexibility index (Phi) is 6.73. The second-order valence-corrected chi connectivity index (χ2v) is 13.8. The maximum atomic E-state index is 13.0.